The quantitative estimate of drug-likeness (QED) is 0.682. The number of aromatic nitrogens is 1. The van der Waals surface area contributed by atoms with E-state index in [0.717, 1.165) is 42.2 Å². The average molecular weight is 432 g/mol. The van der Waals surface area contributed by atoms with Gasteiger partial charge in [0, 0.05) is 48.7 Å². The maximum absolute atomic E-state index is 12.1. The molecule has 142 valence electrons. The smallest absolute Gasteiger partial charge is 0.220 e. The molecular weight excluding hydrogens is 410 g/mol. The summed E-state index contributed by atoms with van der Waals surface area (Å²) in [7, 11) is 0. The number of hydrogen-bond donors (Lipinski definition) is 1. The first-order valence-electron chi connectivity index (χ1n) is 8.95. The van der Waals surface area contributed by atoms with Crippen molar-refractivity contribution in [2.75, 3.05) is 31.2 Å². The summed E-state index contributed by atoms with van der Waals surface area (Å²) >= 11 is 3.34. The van der Waals surface area contributed by atoms with Crippen LogP contribution in [0.4, 0.5) is 5.82 Å². The van der Waals surface area contributed by atoms with Crippen LogP contribution in [-0.4, -0.2) is 43.0 Å². The van der Waals surface area contributed by atoms with Gasteiger partial charge in [0.25, 0.3) is 0 Å². The van der Waals surface area contributed by atoms with Crippen molar-refractivity contribution in [2.24, 2.45) is 0 Å². The van der Waals surface area contributed by atoms with E-state index in [1.165, 1.54) is 0 Å². The third-order valence-electron chi connectivity index (χ3n) is 4.38. The third kappa shape index (κ3) is 5.87. The molecule has 1 amide bonds. The highest BCUT2D eigenvalue weighted by Crippen LogP contribution is 2.14. The molecule has 1 N–H and O–H groups in total. The molecule has 7 heteroatoms. The van der Waals surface area contributed by atoms with E-state index in [1.54, 1.807) is 18.3 Å². The number of nitrogens with zero attached hydrogens (tertiary/aromatic N) is 2. The minimum atomic E-state index is -0.141. The molecule has 1 aliphatic rings. The van der Waals surface area contributed by atoms with Gasteiger partial charge in [0.1, 0.15) is 5.82 Å². The number of Topliss-reactive ketones (excluding diaryl/α,β-unsaturated/α-hetero) is 1. The van der Waals surface area contributed by atoms with Gasteiger partial charge in [-0.2, -0.15) is 0 Å². The maximum Gasteiger partial charge on any atom is 0.220 e. The van der Waals surface area contributed by atoms with Crippen LogP contribution in [0.5, 0.6) is 0 Å². The highest BCUT2D eigenvalue weighted by atomic mass is 79.9. The molecule has 1 aromatic carbocycles. The summed E-state index contributed by atoms with van der Waals surface area (Å²) in [6.45, 7) is 3.53. The van der Waals surface area contributed by atoms with Crippen molar-refractivity contribution in [2.45, 2.75) is 19.4 Å². The maximum atomic E-state index is 12.1. The minimum absolute atomic E-state index is 0.0332. The molecule has 1 aliphatic heterocycles. The number of benzene rings is 1. The lowest BCUT2D eigenvalue weighted by molar-refractivity contribution is -0.121. The number of hydrogen-bond acceptors (Lipinski definition) is 5. The van der Waals surface area contributed by atoms with Gasteiger partial charge in [-0.1, -0.05) is 34.1 Å². The van der Waals surface area contributed by atoms with Crippen molar-refractivity contribution in [3.05, 3.63) is 58.2 Å². The molecule has 6 nitrogen and oxygen atoms in total. The largest absolute Gasteiger partial charge is 0.378 e. The van der Waals surface area contributed by atoms with Crippen molar-refractivity contribution in [3.63, 3.8) is 0 Å². The molecule has 2 aromatic rings. The summed E-state index contributed by atoms with van der Waals surface area (Å²) in [5.41, 5.74) is 1.55. The number of ketones is 1. The number of ether oxygens (including phenoxy) is 1. The highest BCUT2D eigenvalue weighted by Gasteiger charge is 2.12. The molecule has 1 aromatic heterocycles. The number of pyridine rings is 1. The van der Waals surface area contributed by atoms with Gasteiger partial charge < -0.3 is 15.0 Å². The molecule has 0 radical (unpaired) electrons. The Bertz CT molecular complexity index is 772. The number of amides is 1. The van der Waals surface area contributed by atoms with Crippen molar-refractivity contribution >= 4 is 33.4 Å². The van der Waals surface area contributed by atoms with Crippen LogP contribution in [0.2, 0.25) is 0 Å². The van der Waals surface area contributed by atoms with Crippen LogP contribution in [0.25, 0.3) is 0 Å². The molecule has 1 fully saturated rings. The fraction of sp³-hybridized carbons (Fsp3) is 0.350. The number of carbonyl (C=O) groups excluding carboxylic acids is 2. The van der Waals surface area contributed by atoms with Crippen molar-refractivity contribution in [3.8, 4) is 0 Å². The van der Waals surface area contributed by atoms with Crippen LogP contribution in [-0.2, 0) is 16.1 Å². The van der Waals surface area contributed by atoms with Gasteiger partial charge in [-0.3, -0.25) is 9.59 Å². The van der Waals surface area contributed by atoms with E-state index in [-0.39, 0.29) is 24.5 Å². The summed E-state index contributed by atoms with van der Waals surface area (Å²) in [4.78, 5) is 30.8. The number of nitrogens with one attached hydrogen (secondary N) is 1. The highest BCUT2D eigenvalue weighted by molar-refractivity contribution is 9.10. The van der Waals surface area contributed by atoms with E-state index in [4.69, 9.17) is 4.74 Å². The van der Waals surface area contributed by atoms with Crippen LogP contribution in [0.3, 0.4) is 0 Å². The first kappa shape index (κ1) is 19.5. The van der Waals surface area contributed by atoms with E-state index < -0.39 is 0 Å². The summed E-state index contributed by atoms with van der Waals surface area (Å²) < 4.78 is 6.26. The number of morpholine rings is 1. The Morgan fingerprint density at radius 2 is 1.81 bits per heavy atom. The lowest BCUT2D eigenvalue weighted by atomic mass is 10.1. The Hall–Kier alpha value is -2.25. The second kappa shape index (κ2) is 9.62. The van der Waals surface area contributed by atoms with Gasteiger partial charge >= 0.3 is 0 Å². The summed E-state index contributed by atoms with van der Waals surface area (Å²) in [6, 6.07) is 11.1. The van der Waals surface area contributed by atoms with Gasteiger partial charge in [0.05, 0.1) is 13.2 Å². The first-order valence-corrected chi connectivity index (χ1v) is 9.74. The molecule has 0 spiro atoms. The zero-order valence-electron chi connectivity index (χ0n) is 15.0. The number of carbonyl (C=O) groups is 2. The van der Waals surface area contributed by atoms with Crippen LogP contribution in [0, 0.1) is 0 Å². The Morgan fingerprint density at radius 1 is 1.07 bits per heavy atom. The van der Waals surface area contributed by atoms with Crippen LogP contribution < -0.4 is 10.2 Å². The monoisotopic (exact) mass is 431 g/mol. The minimum Gasteiger partial charge on any atom is -0.378 e. The molecule has 0 unspecified atom stereocenters. The van der Waals surface area contributed by atoms with Crippen LogP contribution in [0.15, 0.2) is 47.1 Å². The van der Waals surface area contributed by atoms with Gasteiger partial charge in [-0.05, 0) is 23.8 Å². The zero-order chi connectivity index (χ0) is 19.1. The number of anilines is 1. The van der Waals surface area contributed by atoms with Gasteiger partial charge in [0.2, 0.25) is 5.91 Å². The molecular formula is C20H22BrN3O3. The second-order valence-corrected chi connectivity index (χ2v) is 7.25. The van der Waals surface area contributed by atoms with E-state index in [0.29, 0.717) is 12.1 Å². The summed E-state index contributed by atoms with van der Waals surface area (Å²) in [5.74, 6) is 0.750. The molecule has 0 aliphatic carbocycles. The summed E-state index contributed by atoms with van der Waals surface area (Å²) in [5, 5.41) is 2.84. The lowest BCUT2D eigenvalue weighted by Gasteiger charge is -2.27. The molecule has 3 rings (SSSR count). The van der Waals surface area contributed by atoms with Gasteiger partial charge in [-0.15, -0.1) is 0 Å². The number of rotatable bonds is 7. The summed E-state index contributed by atoms with van der Waals surface area (Å²) in [6.07, 6.45) is 2.15. The Labute approximate surface area is 167 Å². The zero-order valence-corrected chi connectivity index (χ0v) is 16.6. The second-order valence-electron chi connectivity index (χ2n) is 6.33. The standard InChI is InChI=1S/C20H22BrN3O3/c21-17-4-2-16(3-5-17)18(25)6-8-20(26)23-14-15-1-7-19(22-13-15)24-9-11-27-12-10-24/h1-5,7,13H,6,8-12,14H2,(H,23,26). The molecule has 2 heterocycles. The normalized spacial score (nSPS) is 14.0. The number of halogens is 1. The SMILES string of the molecule is O=C(CCC(=O)c1ccc(Br)cc1)NCc1ccc(N2CCOCC2)nc1. The lowest BCUT2D eigenvalue weighted by Crippen LogP contribution is -2.36. The molecule has 27 heavy (non-hydrogen) atoms. The topological polar surface area (TPSA) is 71.5 Å². The first-order chi connectivity index (χ1) is 13.1. The van der Waals surface area contributed by atoms with Crippen LogP contribution in [0.1, 0.15) is 28.8 Å². The van der Waals surface area contributed by atoms with Gasteiger partial charge in [0.15, 0.2) is 5.78 Å². The molecule has 0 saturated carbocycles. The van der Waals surface area contributed by atoms with Crippen molar-refractivity contribution in [1.82, 2.24) is 10.3 Å². The fourth-order valence-electron chi connectivity index (χ4n) is 2.80. The van der Waals surface area contributed by atoms with Crippen LogP contribution >= 0.6 is 15.9 Å². The molecule has 0 bridgehead atoms. The predicted octanol–water partition coefficient (Wildman–Crippen LogP) is 2.96. The Kier molecular flexibility index (Phi) is 6.95. The third-order valence-corrected chi connectivity index (χ3v) is 4.91. The van der Waals surface area contributed by atoms with E-state index >= 15 is 0 Å². The predicted molar refractivity (Wildman–Crippen MR) is 107 cm³/mol. The Balaban J connectivity index is 1.42. The van der Waals surface area contributed by atoms with Crippen molar-refractivity contribution in [1.29, 1.82) is 0 Å². The van der Waals surface area contributed by atoms with E-state index in [2.05, 4.69) is 31.1 Å². The van der Waals surface area contributed by atoms with Gasteiger partial charge in [-0.25, -0.2) is 4.98 Å². The van der Waals surface area contributed by atoms with E-state index in [9.17, 15) is 9.59 Å². The molecule has 0 atom stereocenters. The van der Waals surface area contributed by atoms with E-state index in [1.807, 2.05) is 24.3 Å². The fourth-order valence-corrected chi connectivity index (χ4v) is 3.06. The van der Waals surface area contributed by atoms with Crippen molar-refractivity contribution < 1.29 is 14.3 Å². The molecule has 1 saturated heterocycles. The Morgan fingerprint density at radius 3 is 2.48 bits per heavy atom. The average Bonchev–Trinajstić information content (AvgIpc) is 2.72.